The molecule has 0 fully saturated rings. The molecule has 0 N–H and O–H groups in total. The molecule has 0 aromatic heterocycles. The molecule has 1 atom stereocenters. The maximum Gasteiger partial charge on any atom is 0.192 e. The molecule has 0 spiro atoms. The van der Waals surface area contributed by atoms with Gasteiger partial charge in [-0.3, -0.25) is 0 Å². The van der Waals surface area contributed by atoms with Crippen molar-refractivity contribution >= 4 is 22.0 Å². The first-order valence-electron chi connectivity index (χ1n) is 9.92. The van der Waals surface area contributed by atoms with E-state index in [0.29, 0.717) is 5.92 Å². The Labute approximate surface area is 170 Å². The van der Waals surface area contributed by atoms with Gasteiger partial charge in [-0.25, -0.2) is 0 Å². The van der Waals surface area contributed by atoms with E-state index in [-0.39, 0.29) is 5.04 Å². The van der Waals surface area contributed by atoms with Gasteiger partial charge in [0.1, 0.15) is 8.07 Å². The molecule has 1 nitrogen and oxygen atoms in total. The average Bonchev–Trinajstić information content (AvgIpc) is 2.54. The van der Waals surface area contributed by atoms with Crippen LogP contribution in [0.1, 0.15) is 33.3 Å². The van der Waals surface area contributed by atoms with Crippen LogP contribution in [0.15, 0.2) is 48.6 Å². The lowest BCUT2D eigenvalue weighted by atomic mass is 10.0. The van der Waals surface area contributed by atoms with E-state index in [2.05, 4.69) is 114 Å². The molecule has 27 heavy (non-hydrogen) atoms. The number of rotatable bonds is 6. The summed E-state index contributed by atoms with van der Waals surface area (Å²) >= 11 is 0. The fourth-order valence-electron chi connectivity index (χ4n) is 2.18. The van der Waals surface area contributed by atoms with Crippen LogP contribution in [0.2, 0.25) is 37.8 Å². The molecular formula is C24H38OSi2. The standard InChI is InChI=1S/C24H38OSi2/c1-21(20-25-27(8,9)24(2,3)4)19-23(22-15-11-10-12-16-22)17-13-14-18-26(5,6)7/h10-13,15-17,19,21H,20H2,1-9H3/b17-13+,23-19+/t21-/m1/s1. The lowest BCUT2D eigenvalue weighted by molar-refractivity contribution is 0.259. The van der Waals surface area contributed by atoms with Crippen molar-refractivity contribution in [2.75, 3.05) is 6.61 Å². The van der Waals surface area contributed by atoms with Gasteiger partial charge in [0.25, 0.3) is 0 Å². The Kier molecular flexibility index (Phi) is 8.54. The van der Waals surface area contributed by atoms with Crippen molar-refractivity contribution in [1.29, 1.82) is 0 Å². The minimum Gasteiger partial charge on any atom is -0.416 e. The number of allylic oxidation sites excluding steroid dienone is 3. The summed E-state index contributed by atoms with van der Waals surface area (Å²) in [5.41, 5.74) is 5.84. The van der Waals surface area contributed by atoms with Gasteiger partial charge in [-0.05, 0) is 47.3 Å². The molecule has 0 aliphatic rings. The second kappa shape index (κ2) is 9.73. The Morgan fingerprint density at radius 3 is 2.19 bits per heavy atom. The topological polar surface area (TPSA) is 9.23 Å². The molecule has 0 amide bonds. The fraction of sp³-hybridized carbons (Fsp3) is 0.500. The SMILES string of the molecule is C[C@H](/C=C(\C=C\C#C[Si](C)(C)C)c1ccccc1)CO[Si](C)(C)C(C)(C)C. The maximum atomic E-state index is 6.41. The minimum atomic E-state index is -1.72. The third kappa shape index (κ3) is 8.92. The van der Waals surface area contributed by atoms with Gasteiger partial charge in [-0.1, -0.05) is 89.7 Å². The second-order valence-corrected chi connectivity index (χ2v) is 19.4. The molecule has 1 aromatic rings. The highest BCUT2D eigenvalue weighted by atomic mass is 28.4. The van der Waals surface area contributed by atoms with Gasteiger partial charge in [0.05, 0.1) is 0 Å². The van der Waals surface area contributed by atoms with Crippen molar-refractivity contribution in [3.05, 3.63) is 54.1 Å². The minimum absolute atomic E-state index is 0.241. The highest BCUT2D eigenvalue weighted by Crippen LogP contribution is 2.36. The quantitative estimate of drug-likeness (QED) is 0.280. The van der Waals surface area contributed by atoms with Crippen molar-refractivity contribution in [2.45, 2.75) is 65.5 Å². The summed E-state index contributed by atoms with van der Waals surface area (Å²) in [6, 6.07) is 10.5. The van der Waals surface area contributed by atoms with E-state index in [1.165, 1.54) is 11.1 Å². The molecule has 0 saturated heterocycles. The molecule has 3 heteroatoms. The zero-order chi connectivity index (χ0) is 20.7. The lowest BCUT2D eigenvalue weighted by Gasteiger charge is -2.36. The summed E-state index contributed by atoms with van der Waals surface area (Å²) in [4.78, 5) is 0. The van der Waals surface area contributed by atoms with E-state index in [1.54, 1.807) is 0 Å². The van der Waals surface area contributed by atoms with Crippen LogP contribution in [-0.2, 0) is 4.43 Å². The van der Waals surface area contributed by atoms with Crippen molar-refractivity contribution < 1.29 is 4.43 Å². The molecule has 0 bridgehead atoms. The number of hydrogen-bond donors (Lipinski definition) is 0. The lowest BCUT2D eigenvalue weighted by Crippen LogP contribution is -2.41. The zero-order valence-electron chi connectivity index (χ0n) is 18.8. The van der Waals surface area contributed by atoms with Crippen LogP contribution in [0, 0.1) is 17.4 Å². The molecule has 1 aromatic carbocycles. The summed E-state index contributed by atoms with van der Waals surface area (Å²) in [6.45, 7) is 21.3. The Morgan fingerprint density at radius 1 is 1.07 bits per heavy atom. The highest BCUT2D eigenvalue weighted by molar-refractivity contribution is 6.83. The number of hydrogen-bond acceptors (Lipinski definition) is 1. The molecule has 0 radical (unpaired) electrons. The van der Waals surface area contributed by atoms with Crippen LogP contribution < -0.4 is 0 Å². The largest absolute Gasteiger partial charge is 0.416 e. The van der Waals surface area contributed by atoms with Gasteiger partial charge < -0.3 is 4.43 Å². The van der Waals surface area contributed by atoms with E-state index >= 15 is 0 Å². The van der Waals surface area contributed by atoms with Crippen LogP contribution >= 0.6 is 0 Å². The molecular weight excluding hydrogens is 360 g/mol. The van der Waals surface area contributed by atoms with E-state index in [4.69, 9.17) is 4.43 Å². The van der Waals surface area contributed by atoms with Gasteiger partial charge in [-0.15, -0.1) is 5.54 Å². The molecule has 0 unspecified atom stereocenters. The summed E-state index contributed by atoms with van der Waals surface area (Å²) in [6.07, 6.45) is 6.46. The molecule has 1 rings (SSSR count). The monoisotopic (exact) mass is 398 g/mol. The Morgan fingerprint density at radius 2 is 1.67 bits per heavy atom. The van der Waals surface area contributed by atoms with E-state index in [0.717, 1.165) is 6.61 Å². The molecule has 0 aliphatic heterocycles. The highest BCUT2D eigenvalue weighted by Gasteiger charge is 2.37. The predicted molar refractivity (Wildman–Crippen MR) is 127 cm³/mol. The van der Waals surface area contributed by atoms with Gasteiger partial charge in [-0.2, -0.15) is 0 Å². The Bertz CT molecular complexity index is 705. The Hall–Kier alpha value is -1.35. The van der Waals surface area contributed by atoms with Crippen LogP contribution in [0.5, 0.6) is 0 Å². The van der Waals surface area contributed by atoms with E-state index in [1.807, 2.05) is 6.08 Å². The Balaban J connectivity index is 2.98. The first-order chi connectivity index (χ1) is 12.3. The normalized spacial score (nSPS) is 14.8. The fourth-order valence-corrected chi connectivity index (χ4v) is 3.81. The molecule has 0 saturated carbocycles. The molecule has 0 aliphatic carbocycles. The average molecular weight is 399 g/mol. The number of benzene rings is 1. The third-order valence-electron chi connectivity index (χ3n) is 4.88. The van der Waals surface area contributed by atoms with Crippen molar-refractivity contribution in [1.82, 2.24) is 0 Å². The van der Waals surface area contributed by atoms with Crippen LogP contribution in [0.4, 0.5) is 0 Å². The van der Waals surface area contributed by atoms with Crippen LogP contribution in [0.25, 0.3) is 5.57 Å². The van der Waals surface area contributed by atoms with Crippen LogP contribution in [-0.4, -0.2) is 23.0 Å². The van der Waals surface area contributed by atoms with Crippen molar-refractivity contribution in [3.63, 3.8) is 0 Å². The molecule has 0 heterocycles. The summed E-state index contributed by atoms with van der Waals surface area (Å²) in [5.74, 6) is 3.59. The van der Waals surface area contributed by atoms with Crippen molar-refractivity contribution in [2.24, 2.45) is 5.92 Å². The second-order valence-electron chi connectivity index (χ2n) is 9.89. The third-order valence-corrected chi connectivity index (χ3v) is 10.3. The predicted octanol–water partition coefficient (Wildman–Crippen LogP) is 7.16. The first-order valence-corrected chi connectivity index (χ1v) is 16.3. The summed E-state index contributed by atoms with van der Waals surface area (Å²) in [7, 11) is -3.05. The summed E-state index contributed by atoms with van der Waals surface area (Å²) in [5, 5.41) is 0.241. The van der Waals surface area contributed by atoms with Crippen LogP contribution in [0.3, 0.4) is 0 Å². The summed E-state index contributed by atoms with van der Waals surface area (Å²) < 4.78 is 6.41. The maximum absolute atomic E-state index is 6.41. The zero-order valence-corrected chi connectivity index (χ0v) is 20.8. The van der Waals surface area contributed by atoms with E-state index in [9.17, 15) is 0 Å². The van der Waals surface area contributed by atoms with Crippen molar-refractivity contribution in [3.8, 4) is 11.5 Å². The smallest absolute Gasteiger partial charge is 0.192 e. The van der Waals surface area contributed by atoms with Gasteiger partial charge in [0.15, 0.2) is 8.32 Å². The first kappa shape index (κ1) is 23.7. The van der Waals surface area contributed by atoms with E-state index < -0.39 is 16.4 Å². The van der Waals surface area contributed by atoms with Gasteiger partial charge in [0, 0.05) is 6.61 Å². The molecule has 148 valence electrons. The van der Waals surface area contributed by atoms with Gasteiger partial charge >= 0.3 is 0 Å². The van der Waals surface area contributed by atoms with Gasteiger partial charge in [0.2, 0.25) is 0 Å².